The quantitative estimate of drug-likeness (QED) is 0.685. The molecule has 1 saturated heterocycles. The summed E-state index contributed by atoms with van der Waals surface area (Å²) in [5.41, 5.74) is 0.574. The minimum absolute atomic E-state index is 0.00210. The van der Waals surface area contributed by atoms with Crippen molar-refractivity contribution in [3.63, 3.8) is 0 Å². The van der Waals surface area contributed by atoms with E-state index in [4.69, 9.17) is 4.74 Å². The first-order valence-corrected chi connectivity index (χ1v) is 9.58. The van der Waals surface area contributed by atoms with E-state index in [0.717, 1.165) is 38.1 Å². The lowest BCUT2D eigenvalue weighted by atomic mass is 9.99. The predicted molar refractivity (Wildman–Crippen MR) is 107 cm³/mol. The van der Waals surface area contributed by atoms with Gasteiger partial charge in [-0.05, 0) is 50.1 Å². The number of carbonyl (C=O) groups excluding carboxylic acids is 1. The molecule has 1 aromatic heterocycles. The molecule has 10 heteroatoms. The van der Waals surface area contributed by atoms with Crippen LogP contribution in [0, 0.1) is 6.92 Å². The van der Waals surface area contributed by atoms with E-state index < -0.39 is 11.7 Å². The van der Waals surface area contributed by atoms with Gasteiger partial charge < -0.3 is 20.7 Å². The normalized spacial score (nSPS) is 16.8. The topological polar surface area (TPSA) is 88.2 Å². The molecular formula is C20H24F3N5O2. The molecule has 1 atom stereocenters. The van der Waals surface area contributed by atoms with Crippen molar-refractivity contribution in [3.8, 4) is 17.0 Å². The summed E-state index contributed by atoms with van der Waals surface area (Å²) in [6.45, 7) is 3.37. The fraction of sp³-hybridized carbons (Fsp3) is 0.450. The molecule has 1 unspecified atom stereocenters. The Hall–Kier alpha value is -2.88. The Labute approximate surface area is 172 Å². The summed E-state index contributed by atoms with van der Waals surface area (Å²) in [7, 11) is 2.79. The maximum atomic E-state index is 13.1. The van der Waals surface area contributed by atoms with Crippen LogP contribution in [0.3, 0.4) is 0 Å². The summed E-state index contributed by atoms with van der Waals surface area (Å²) in [6, 6.07) is 3.25. The second kappa shape index (κ2) is 8.86. The zero-order valence-corrected chi connectivity index (χ0v) is 17.0. The molecule has 2 heterocycles. The number of alkyl halides is 3. The number of carbonyl (C=O) groups is 1. The molecular weight excluding hydrogens is 399 g/mol. The van der Waals surface area contributed by atoms with Crippen LogP contribution in [0.25, 0.3) is 11.3 Å². The third-order valence-corrected chi connectivity index (χ3v) is 5.09. The van der Waals surface area contributed by atoms with Gasteiger partial charge in [-0.2, -0.15) is 13.2 Å². The van der Waals surface area contributed by atoms with Crippen LogP contribution in [-0.4, -0.2) is 49.4 Å². The molecule has 0 radical (unpaired) electrons. The second-order valence-corrected chi connectivity index (χ2v) is 7.08. The number of methoxy groups -OCH3 is 1. The summed E-state index contributed by atoms with van der Waals surface area (Å²) in [4.78, 5) is 12.6. The zero-order chi connectivity index (χ0) is 21.9. The van der Waals surface area contributed by atoms with Gasteiger partial charge in [-0.1, -0.05) is 0 Å². The minimum Gasteiger partial charge on any atom is -0.496 e. The highest BCUT2D eigenvalue weighted by Gasteiger charge is 2.32. The molecule has 1 amide bonds. The number of nitrogens with zero attached hydrogens (tertiary/aromatic N) is 2. The molecule has 0 aliphatic carbocycles. The highest BCUT2D eigenvalue weighted by molar-refractivity contribution is 6.01. The number of piperidine rings is 1. The van der Waals surface area contributed by atoms with Gasteiger partial charge in [-0.15, -0.1) is 10.2 Å². The van der Waals surface area contributed by atoms with Crippen LogP contribution >= 0.6 is 0 Å². The van der Waals surface area contributed by atoms with Gasteiger partial charge in [-0.3, -0.25) is 4.79 Å². The van der Waals surface area contributed by atoms with Crippen molar-refractivity contribution >= 4 is 11.7 Å². The first-order valence-electron chi connectivity index (χ1n) is 9.58. The van der Waals surface area contributed by atoms with Crippen molar-refractivity contribution in [2.75, 3.05) is 32.6 Å². The molecule has 2 aromatic rings. The van der Waals surface area contributed by atoms with Crippen molar-refractivity contribution in [1.29, 1.82) is 0 Å². The summed E-state index contributed by atoms with van der Waals surface area (Å²) >= 11 is 0. The first-order chi connectivity index (χ1) is 14.3. The van der Waals surface area contributed by atoms with Crippen LogP contribution in [0.2, 0.25) is 0 Å². The molecule has 1 aliphatic heterocycles. The van der Waals surface area contributed by atoms with Crippen molar-refractivity contribution in [3.05, 3.63) is 34.9 Å². The highest BCUT2D eigenvalue weighted by Crippen LogP contribution is 2.38. The molecule has 3 N–H and O–H groups in total. The Morgan fingerprint density at radius 2 is 2.07 bits per heavy atom. The molecule has 0 bridgehead atoms. The fourth-order valence-electron chi connectivity index (χ4n) is 3.51. The molecule has 3 rings (SSSR count). The van der Waals surface area contributed by atoms with Gasteiger partial charge in [0.1, 0.15) is 11.4 Å². The summed E-state index contributed by atoms with van der Waals surface area (Å²) < 4.78 is 44.4. The van der Waals surface area contributed by atoms with E-state index in [9.17, 15) is 18.0 Å². The number of benzene rings is 1. The summed E-state index contributed by atoms with van der Waals surface area (Å²) in [5, 5.41) is 17.6. The lowest BCUT2D eigenvalue weighted by molar-refractivity contribution is -0.137. The number of amides is 1. The van der Waals surface area contributed by atoms with Crippen LogP contribution in [-0.2, 0) is 6.18 Å². The van der Waals surface area contributed by atoms with E-state index in [0.29, 0.717) is 22.5 Å². The van der Waals surface area contributed by atoms with E-state index in [-0.39, 0.29) is 23.4 Å². The SMILES string of the molecule is CNC(=O)c1c(NC2CCCNC2)nnc(-c2ccc(C(F)(F)F)cc2OC)c1C. The third kappa shape index (κ3) is 4.48. The Morgan fingerprint density at radius 3 is 2.67 bits per heavy atom. The zero-order valence-electron chi connectivity index (χ0n) is 17.0. The molecule has 7 nitrogen and oxygen atoms in total. The maximum absolute atomic E-state index is 13.1. The third-order valence-electron chi connectivity index (χ3n) is 5.09. The lowest BCUT2D eigenvalue weighted by Crippen LogP contribution is -2.39. The number of ether oxygens (including phenoxy) is 1. The molecule has 0 spiro atoms. The monoisotopic (exact) mass is 423 g/mol. The van der Waals surface area contributed by atoms with Gasteiger partial charge in [0.15, 0.2) is 5.82 Å². The number of aromatic nitrogens is 2. The van der Waals surface area contributed by atoms with Crippen LogP contribution in [0.15, 0.2) is 18.2 Å². The number of anilines is 1. The minimum atomic E-state index is -4.50. The van der Waals surface area contributed by atoms with Crippen molar-refractivity contribution < 1.29 is 22.7 Å². The molecule has 1 aromatic carbocycles. The number of halogens is 3. The van der Waals surface area contributed by atoms with Crippen molar-refractivity contribution in [2.45, 2.75) is 32.0 Å². The average molecular weight is 423 g/mol. The number of rotatable bonds is 5. The van der Waals surface area contributed by atoms with E-state index >= 15 is 0 Å². The van der Waals surface area contributed by atoms with Gasteiger partial charge in [0.2, 0.25) is 0 Å². The van der Waals surface area contributed by atoms with Gasteiger partial charge in [0, 0.05) is 25.2 Å². The molecule has 1 fully saturated rings. The van der Waals surface area contributed by atoms with Gasteiger partial charge in [0.25, 0.3) is 5.91 Å². The Kier molecular flexibility index (Phi) is 6.45. The molecule has 1 aliphatic rings. The van der Waals surface area contributed by atoms with Gasteiger partial charge in [0.05, 0.1) is 18.2 Å². The second-order valence-electron chi connectivity index (χ2n) is 7.08. The van der Waals surface area contributed by atoms with Crippen molar-refractivity contribution in [2.24, 2.45) is 0 Å². The van der Waals surface area contributed by atoms with Crippen molar-refractivity contribution in [1.82, 2.24) is 20.8 Å². The van der Waals surface area contributed by atoms with Gasteiger partial charge >= 0.3 is 6.18 Å². The van der Waals surface area contributed by atoms with E-state index in [2.05, 4.69) is 26.1 Å². The average Bonchev–Trinajstić information content (AvgIpc) is 2.73. The molecule has 30 heavy (non-hydrogen) atoms. The molecule has 162 valence electrons. The maximum Gasteiger partial charge on any atom is 0.416 e. The van der Waals surface area contributed by atoms with Crippen LogP contribution in [0.1, 0.15) is 34.3 Å². The fourth-order valence-corrected chi connectivity index (χ4v) is 3.51. The van der Waals surface area contributed by atoms with Crippen LogP contribution in [0.4, 0.5) is 19.0 Å². The van der Waals surface area contributed by atoms with Gasteiger partial charge in [-0.25, -0.2) is 0 Å². The Bertz CT molecular complexity index is 927. The summed E-state index contributed by atoms with van der Waals surface area (Å²) in [5.74, 6) is -0.0155. The lowest BCUT2D eigenvalue weighted by Gasteiger charge is -2.25. The van der Waals surface area contributed by atoms with E-state index in [1.165, 1.54) is 20.2 Å². The number of nitrogens with one attached hydrogen (secondary N) is 3. The number of hydrogen-bond donors (Lipinski definition) is 3. The largest absolute Gasteiger partial charge is 0.496 e. The van der Waals surface area contributed by atoms with E-state index in [1.807, 2.05) is 0 Å². The Morgan fingerprint density at radius 1 is 1.30 bits per heavy atom. The highest BCUT2D eigenvalue weighted by atomic mass is 19.4. The predicted octanol–water partition coefficient (Wildman–Crippen LogP) is 3.00. The number of hydrogen-bond acceptors (Lipinski definition) is 6. The first kappa shape index (κ1) is 21.8. The standard InChI is InChI=1S/C20H24F3N5O2/c1-11-16(19(29)24-2)18(26-13-5-4-8-25-10-13)28-27-17(11)14-7-6-12(20(21,22)23)9-15(14)30-3/h6-7,9,13,25H,4-5,8,10H2,1-3H3,(H,24,29)(H,26,28). The Balaban J connectivity index is 2.07. The smallest absolute Gasteiger partial charge is 0.416 e. The summed E-state index contributed by atoms with van der Waals surface area (Å²) in [6.07, 6.45) is -2.57. The molecule has 0 saturated carbocycles. The van der Waals surface area contributed by atoms with Crippen LogP contribution < -0.4 is 20.7 Å². The van der Waals surface area contributed by atoms with Crippen LogP contribution in [0.5, 0.6) is 5.75 Å². The van der Waals surface area contributed by atoms with E-state index in [1.54, 1.807) is 6.92 Å².